The predicted molar refractivity (Wildman–Crippen MR) is 134 cm³/mol. The van der Waals surface area contributed by atoms with Crippen LogP contribution in [0.25, 0.3) is 11.3 Å². The van der Waals surface area contributed by atoms with Crippen LogP contribution in [0.15, 0.2) is 36.5 Å². The molecule has 0 saturated carbocycles. The molecule has 190 valence electrons. The summed E-state index contributed by atoms with van der Waals surface area (Å²) in [7, 11) is -3.26. The first-order valence-corrected chi connectivity index (χ1v) is 13.5. The molecule has 2 aromatic carbocycles. The van der Waals surface area contributed by atoms with Gasteiger partial charge in [0.2, 0.25) is 16.0 Å². The van der Waals surface area contributed by atoms with E-state index in [-0.39, 0.29) is 29.0 Å². The van der Waals surface area contributed by atoms with Gasteiger partial charge in [0.25, 0.3) is 0 Å². The van der Waals surface area contributed by atoms with Crippen LogP contribution in [0.5, 0.6) is 5.75 Å². The largest absolute Gasteiger partial charge is 0.486 e. The number of anilines is 3. The predicted octanol–water partition coefficient (Wildman–Crippen LogP) is 4.09. The number of aromatic nitrogens is 2. The number of hydrogen-bond acceptors (Lipinski definition) is 7. The van der Waals surface area contributed by atoms with Gasteiger partial charge in [0, 0.05) is 30.4 Å². The zero-order valence-electron chi connectivity index (χ0n) is 20.3. The Balaban J connectivity index is 1.44. The number of fused-ring (bicyclic) bond motifs is 2. The summed E-state index contributed by atoms with van der Waals surface area (Å²) in [5, 5.41) is 3.09. The number of nitrogens with zero attached hydrogens (tertiary/aromatic N) is 4. The summed E-state index contributed by atoms with van der Waals surface area (Å²) in [6, 6.07) is 8.61. The fraction of sp³-hybridized carbons (Fsp3) is 0.360. The molecule has 5 rings (SSSR count). The molecular formula is C25H27F2N5O3S. The van der Waals surface area contributed by atoms with Crippen molar-refractivity contribution in [3.63, 3.8) is 0 Å². The highest BCUT2D eigenvalue weighted by Crippen LogP contribution is 2.39. The van der Waals surface area contributed by atoms with E-state index in [0.717, 1.165) is 17.3 Å². The van der Waals surface area contributed by atoms with Crippen molar-refractivity contribution in [2.45, 2.75) is 32.9 Å². The Morgan fingerprint density at radius 1 is 1.08 bits per heavy atom. The highest BCUT2D eigenvalue weighted by atomic mass is 32.2. The molecule has 1 N–H and O–H groups in total. The second-order valence-electron chi connectivity index (χ2n) is 9.29. The number of halogens is 2. The van der Waals surface area contributed by atoms with Crippen molar-refractivity contribution in [3.05, 3.63) is 59.3 Å². The van der Waals surface area contributed by atoms with Crippen LogP contribution < -0.4 is 15.0 Å². The maximum atomic E-state index is 14.9. The smallest absolute Gasteiger partial charge is 0.227 e. The summed E-state index contributed by atoms with van der Waals surface area (Å²) in [6.07, 6.45) is 2.84. The van der Waals surface area contributed by atoms with Crippen LogP contribution in [-0.2, 0) is 23.0 Å². The van der Waals surface area contributed by atoms with E-state index in [9.17, 15) is 17.2 Å². The van der Waals surface area contributed by atoms with Crippen molar-refractivity contribution < 1.29 is 21.9 Å². The Morgan fingerprint density at radius 3 is 2.64 bits per heavy atom. The topological polar surface area (TPSA) is 87.7 Å². The van der Waals surface area contributed by atoms with E-state index in [2.05, 4.69) is 15.3 Å². The quantitative estimate of drug-likeness (QED) is 0.548. The zero-order chi connectivity index (χ0) is 25.6. The summed E-state index contributed by atoms with van der Waals surface area (Å²) in [6.45, 7) is 5.73. The van der Waals surface area contributed by atoms with Gasteiger partial charge in [0.05, 0.1) is 24.7 Å². The van der Waals surface area contributed by atoms with Crippen molar-refractivity contribution in [2.75, 3.05) is 36.2 Å². The molecule has 0 aliphatic carbocycles. The lowest BCUT2D eigenvalue weighted by atomic mass is 10.0. The molecule has 0 bridgehead atoms. The number of ether oxygens (including phenoxy) is 1. The molecule has 8 nitrogen and oxygen atoms in total. The van der Waals surface area contributed by atoms with E-state index >= 15 is 0 Å². The van der Waals surface area contributed by atoms with Gasteiger partial charge < -0.3 is 15.0 Å². The molecule has 0 fully saturated rings. The van der Waals surface area contributed by atoms with Crippen molar-refractivity contribution in [1.29, 1.82) is 0 Å². The first-order valence-electron chi connectivity index (χ1n) is 11.7. The van der Waals surface area contributed by atoms with Gasteiger partial charge in [-0.15, -0.1) is 0 Å². The molecule has 2 aliphatic heterocycles. The minimum absolute atomic E-state index is 0.0229. The van der Waals surface area contributed by atoms with E-state index in [4.69, 9.17) is 4.74 Å². The average molecular weight is 516 g/mol. The third-order valence-corrected chi connectivity index (χ3v) is 7.71. The maximum Gasteiger partial charge on any atom is 0.227 e. The second-order valence-corrected chi connectivity index (χ2v) is 11.3. The van der Waals surface area contributed by atoms with Crippen LogP contribution in [0.4, 0.5) is 26.1 Å². The molecule has 1 aromatic heterocycles. The molecule has 2 aliphatic rings. The Bertz CT molecular complexity index is 1430. The Kier molecular flexibility index (Phi) is 6.29. The number of hydrogen-bond donors (Lipinski definition) is 1. The van der Waals surface area contributed by atoms with Crippen LogP contribution in [0.3, 0.4) is 0 Å². The van der Waals surface area contributed by atoms with E-state index < -0.39 is 21.7 Å². The van der Waals surface area contributed by atoms with Gasteiger partial charge in [-0.1, -0.05) is 6.07 Å². The molecule has 0 saturated heterocycles. The fourth-order valence-electron chi connectivity index (χ4n) is 4.62. The van der Waals surface area contributed by atoms with Crippen LogP contribution in [0, 0.1) is 11.6 Å². The summed E-state index contributed by atoms with van der Waals surface area (Å²) >= 11 is 0. The van der Waals surface area contributed by atoms with Gasteiger partial charge in [0.15, 0.2) is 17.4 Å². The molecule has 11 heteroatoms. The highest BCUT2D eigenvalue weighted by molar-refractivity contribution is 7.88. The van der Waals surface area contributed by atoms with Gasteiger partial charge in [-0.25, -0.2) is 27.2 Å². The van der Waals surface area contributed by atoms with Crippen molar-refractivity contribution >= 4 is 27.3 Å². The second kappa shape index (κ2) is 9.29. The third kappa shape index (κ3) is 4.72. The fourth-order valence-corrected chi connectivity index (χ4v) is 5.42. The SMILES string of the molecule is CC(C)N1CCOc2c(F)cc(-c3nc(Nc4ccc5c(c4)CCN(S(C)(=O)=O)C5)ncc3F)cc21. The molecule has 0 radical (unpaired) electrons. The third-order valence-electron chi connectivity index (χ3n) is 6.46. The summed E-state index contributed by atoms with van der Waals surface area (Å²) in [4.78, 5) is 10.4. The molecule has 0 unspecified atom stereocenters. The van der Waals surface area contributed by atoms with Crippen LogP contribution in [0.2, 0.25) is 0 Å². The monoisotopic (exact) mass is 515 g/mol. The van der Waals surface area contributed by atoms with E-state index in [0.29, 0.717) is 44.0 Å². The molecule has 3 heterocycles. The van der Waals surface area contributed by atoms with Gasteiger partial charge in [-0.05, 0) is 55.7 Å². The molecular weight excluding hydrogens is 488 g/mol. The number of sulfonamides is 1. The van der Waals surface area contributed by atoms with Crippen LogP contribution in [0.1, 0.15) is 25.0 Å². The average Bonchev–Trinajstić information content (AvgIpc) is 2.83. The van der Waals surface area contributed by atoms with Crippen molar-refractivity contribution in [1.82, 2.24) is 14.3 Å². The minimum Gasteiger partial charge on any atom is -0.486 e. The Labute approximate surface area is 209 Å². The van der Waals surface area contributed by atoms with E-state index in [1.54, 1.807) is 12.1 Å². The number of benzene rings is 2. The van der Waals surface area contributed by atoms with E-state index in [1.165, 1.54) is 16.6 Å². The summed E-state index contributed by atoms with van der Waals surface area (Å²) in [5.41, 5.74) is 3.47. The van der Waals surface area contributed by atoms with E-state index in [1.807, 2.05) is 30.9 Å². The standard InChI is InChI=1S/C25H27F2N5O3S/c1-15(2)32-8-9-35-24-20(26)11-18(12-22(24)32)23-21(27)13-28-25(30-23)29-19-5-4-17-14-31(36(3,33)34)7-6-16(17)10-19/h4-5,10-13,15H,6-9,14H2,1-3H3,(H,28,29,30). The van der Waals surface area contributed by atoms with Gasteiger partial charge >= 0.3 is 0 Å². The Morgan fingerprint density at radius 2 is 1.89 bits per heavy atom. The van der Waals surface area contributed by atoms with Gasteiger partial charge in [-0.3, -0.25) is 0 Å². The lowest BCUT2D eigenvalue weighted by molar-refractivity contribution is 0.287. The van der Waals surface area contributed by atoms with Gasteiger partial charge in [-0.2, -0.15) is 4.31 Å². The normalized spacial score (nSPS) is 15.9. The first kappa shape index (κ1) is 24.4. The lowest BCUT2D eigenvalue weighted by Gasteiger charge is -2.34. The summed E-state index contributed by atoms with van der Waals surface area (Å²) in [5.74, 6) is -0.915. The molecule has 0 amide bonds. The lowest BCUT2D eigenvalue weighted by Crippen LogP contribution is -2.38. The molecule has 0 atom stereocenters. The Hall–Kier alpha value is -3.31. The minimum atomic E-state index is -3.26. The van der Waals surface area contributed by atoms with Crippen molar-refractivity contribution in [3.8, 4) is 17.0 Å². The molecule has 3 aromatic rings. The highest BCUT2D eigenvalue weighted by Gasteiger charge is 2.26. The van der Waals surface area contributed by atoms with Gasteiger partial charge in [0.1, 0.15) is 12.3 Å². The van der Waals surface area contributed by atoms with Crippen molar-refractivity contribution in [2.24, 2.45) is 0 Å². The zero-order valence-corrected chi connectivity index (χ0v) is 21.1. The van der Waals surface area contributed by atoms with Crippen LogP contribution in [-0.4, -0.2) is 54.7 Å². The molecule has 36 heavy (non-hydrogen) atoms. The summed E-state index contributed by atoms with van der Waals surface area (Å²) < 4.78 is 60.4. The van der Waals surface area contributed by atoms with Crippen LogP contribution >= 0.6 is 0 Å². The number of rotatable bonds is 5. The first-order chi connectivity index (χ1) is 17.1. The maximum absolute atomic E-state index is 14.9. The molecule has 0 spiro atoms. The number of nitrogens with one attached hydrogen (secondary N) is 1.